The van der Waals surface area contributed by atoms with Crippen LogP contribution in [-0.2, 0) is 48.7 Å². The van der Waals surface area contributed by atoms with E-state index < -0.39 is 12.8 Å². The summed E-state index contributed by atoms with van der Waals surface area (Å²) in [5.41, 5.74) is 24.4. The Hall–Kier alpha value is -7.24. The molecule has 0 atom stereocenters. The molecule has 0 radical (unpaired) electrons. The minimum Gasteiger partial charge on any atom is -0.468 e. The van der Waals surface area contributed by atoms with Crippen molar-refractivity contribution in [1.29, 1.82) is 0 Å². The first-order chi connectivity index (χ1) is 44.7. The largest absolute Gasteiger partial charge is 0.468 e. The minimum atomic E-state index is -0.424. The van der Waals surface area contributed by atoms with Gasteiger partial charge in [-0.05, 0) is 245 Å². The highest BCUT2D eigenvalue weighted by atomic mass is 16.3. The number of anilines is 9. The van der Waals surface area contributed by atoms with Crippen molar-refractivity contribution in [2.24, 2.45) is 0 Å². The molecule has 4 aliphatic carbocycles. The lowest BCUT2D eigenvalue weighted by molar-refractivity contribution is 0.332. The highest BCUT2D eigenvalue weighted by Crippen LogP contribution is 2.58. The molecule has 0 saturated heterocycles. The highest BCUT2D eigenvalue weighted by Gasteiger charge is 2.51. The lowest BCUT2D eigenvalue weighted by Gasteiger charge is -2.47. The molecule has 6 aliphatic rings. The standard InChI is InChI=1S/C86H98BN3O/c1-78(2,3)54-30-35-70(59(44-54)53-26-22-20-23-27-53)90-71-51-67-66(84(14,15)41-42-85(67,16)17)50-69(71)87-75-72(47-58(48-73(75)90)88(55-28-24-21-25-29-55)56-31-33-61-63(45-56)81(8,9)38-36-79(61,4)5)89(57-32-34-62-64(46-57)82(10,11)39-37-80(62,6)7)76-60-49-65-68(52-74(60)91-77(76)87)86(18,19)43-40-83(65,12)13/h20-35,44-52H,36-43H2,1-19H3/i21D,24D,25D,28D,29D. The Labute approximate surface area is 553 Å². The summed E-state index contributed by atoms with van der Waals surface area (Å²) in [5, 5.41) is 1.07. The quantitative estimate of drug-likeness (QED) is 0.155. The van der Waals surface area contributed by atoms with E-state index in [2.05, 4.69) is 263 Å². The van der Waals surface area contributed by atoms with E-state index in [1.807, 2.05) is 4.90 Å². The van der Waals surface area contributed by atoms with E-state index in [1.54, 1.807) is 0 Å². The van der Waals surface area contributed by atoms with Crippen molar-refractivity contribution in [2.75, 3.05) is 14.7 Å². The Morgan fingerprint density at radius 1 is 0.429 bits per heavy atom. The van der Waals surface area contributed by atoms with Crippen molar-refractivity contribution < 1.29 is 11.3 Å². The van der Waals surface area contributed by atoms with Gasteiger partial charge in [-0.2, -0.15) is 0 Å². The molecule has 1 aromatic heterocycles. The van der Waals surface area contributed by atoms with Gasteiger partial charge >= 0.3 is 0 Å². The second-order valence-corrected chi connectivity index (χ2v) is 34.9. The van der Waals surface area contributed by atoms with Crippen LogP contribution < -0.4 is 31.3 Å². The van der Waals surface area contributed by atoms with Gasteiger partial charge in [-0.1, -0.05) is 204 Å². The van der Waals surface area contributed by atoms with Gasteiger partial charge in [0.15, 0.2) is 0 Å². The summed E-state index contributed by atoms with van der Waals surface area (Å²) in [6, 6.07) is 44.9. The molecule has 4 nitrogen and oxygen atoms in total. The zero-order chi connectivity index (χ0) is 68.6. The van der Waals surface area contributed by atoms with Crippen LogP contribution in [0.15, 0.2) is 156 Å². The maximum absolute atomic E-state index is 10.1. The molecule has 0 fully saturated rings. The molecule has 91 heavy (non-hydrogen) atoms. The first-order valence-electron chi connectivity index (χ1n) is 36.7. The zero-order valence-electron chi connectivity index (χ0n) is 63.0. The number of para-hydroxylation sites is 1. The monoisotopic (exact) mass is 1200 g/mol. The van der Waals surface area contributed by atoms with Gasteiger partial charge in [0.1, 0.15) is 5.58 Å². The van der Waals surface area contributed by atoms with Crippen LogP contribution in [-0.4, -0.2) is 6.71 Å². The van der Waals surface area contributed by atoms with Crippen molar-refractivity contribution in [2.45, 2.75) is 232 Å². The molecule has 2 aliphatic heterocycles. The molecular formula is C86H98BN3O. The van der Waals surface area contributed by atoms with Crippen LogP contribution in [0.25, 0.3) is 22.1 Å². The summed E-state index contributed by atoms with van der Waals surface area (Å²) in [6.45, 7) is 44.9. The van der Waals surface area contributed by atoms with Gasteiger partial charge in [-0.3, -0.25) is 0 Å². The molecular weight excluding hydrogens is 1100 g/mol. The van der Waals surface area contributed by atoms with Crippen LogP contribution in [0.5, 0.6) is 0 Å². The lowest BCUT2D eigenvalue weighted by Crippen LogP contribution is -2.61. The molecule has 0 unspecified atom stereocenters. The summed E-state index contributed by atoms with van der Waals surface area (Å²) in [7, 11) is 0. The first kappa shape index (κ1) is 54.3. The van der Waals surface area contributed by atoms with Gasteiger partial charge in [0.05, 0.1) is 29.6 Å². The maximum atomic E-state index is 10.1. The molecule has 8 aromatic carbocycles. The predicted molar refractivity (Wildman–Crippen MR) is 390 cm³/mol. The van der Waals surface area contributed by atoms with E-state index in [-0.39, 0.29) is 78.6 Å². The first-order valence-corrected chi connectivity index (χ1v) is 34.2. The van der Waals surface area contributed by atoms with Crippen LogP contribution in [0.1, 0.15) is 240 Å². The number of rotatable bonds is 6. The van der Waals surface area contributed by atoms with Gasteiger partial charge in [0, 0.05) is 45.1 Å². The second-order valence-electron chi connectivity index (χ2n) is 34.9. The third kappa shape index (κ3) is 9.24. The Morgan fingerprint density at radius 2 is 0.923 bits per heavy atom. The van der Waals surface area contributed by atoms with Crippen LogP contribution in [0.2, 0.25) is 0 Å². The average molecular weight is 1210 g/mol. The molecule has 15 rings (SSSR count). The van der Waals surface area contributed by atoms with Crippen molar-refractivity contribution >= 4 is 85.5 Å². The third-order valence-corrected chi connectivity index (χ3v) is 23.9. The number of fused-ring (bicyclic) bond motifs is 10. The molecule has 0 amide bonds. The molecule has 9 aromatic rings. The van der Waals surface area contributed by atoms with Gasteiger partial charge in [-0.25, -0.2) is 0 Å². The second kappa shape index (κ2) is 19.7. The number of hydrogen-bond acceptors (Lipinski definition) is 4. The van der Waals surface area contributed by atoms with Crippen LogP contribution in [0.3, 0.4) is 0 Å². The van der Waals surface area contributed by atoms with Crippen LogP contribution in [0, 0.1) is 0 Å². The molecule has 0 saturated carbocycles. The normalized spacial score (nSPS) is 21.1. The molecule has 0 N–H and O–H groups in total. The van der Waals surface area contributed by atoms with E-state index in [0.29, 0.717) is 5.69 Å². The van der Waals surface area contributed by atoms with Crippen molar-refractivity contribution in [3.05, 3.63) is 202 Å². The zero-order valence-corrected chi connectivity index (χ0v) is 58.0. The SMILES string of the molecule is [2H]c1c([2H])c([2H])c(N(c2cc3c4c(c2)N(c2ccc5c(c2)C(C)(C)CCC5(C)C)c2c(oc5cc6c(cc25)C(C)(C)CCC6(C)C)B4c2cc4c(cc2N3c2ccc(C(C)(C)C)cc2-c2ccccc2)C(C)(C)CCC4(C)C)c2ccc3c(c2)C(C)(C)CCC3(C)C)c([2H])c1[2H]. The van der Waals surface area contributed by atoms with E-state index in [9.17, 15) is 5.48 Å². The minimum absolute atomic E-state index is 0.0474. The Balaban J connectivity index is 1.17. The van der Waals surface area contributed by atoms with E-state index in [4.69, 9.17) is 5.79 Å². The lowest BCUT2D eigenvalue weighted by atomic mass is 9.35. The van der Waals surface area contributed by atoms with E-state index in [1.165, 1.54) is 55.5 Å². The topological polar surface area (TPSA) is 22.9 Å². The fourth-order valence-electron chi connectivity index (χ4n) is 17.5. The molecule has 0 bridgehead atoms. The summed E-state index contributed by atoms with van der Waals surface area (Å²) in [5.74, 6) is 0. The number of benzene rings is 8. The van der Waals surface area contributed by atoms with Crippen molar-refractivity contribution in [3.63, 3.8) is 0 Å². The maximum Gasteiger partial charge on any atom is 0.297 e. The van der Waals surface area contributed by atoms with Crippen molar-refractivity contribution in [1.82, 2.24) is 0 Å². The smallest absolute Gasteiger partial charge is 0.297 e. The summed E-state index contributed by atoms with van der Waals surface area (Å²) >= 11 is 0. The number of hydrogen-bond donors (Lipinski definition) is 0. The molecule has 5 heteroatoms. The third-order valence-electron chi connectivity index (χ3n) is 23.9. The van der Waals surface area contributed by atoms with Crippen molar-refractivity contribution in [3.8, 4) is 11.1 Å². The molecule has 0 spiro atoms. The fourth-order valence-corrected chi connectivity index (χ4v) is 17.5. The van der Waals surface area contributed by atoms with E-state index in [0.717, 1.165) is 124 Å². The summed E-state index contributed by atoms with van der Waals surface area (Å²) < 4.78 is 56.3. The van der Waals surface area contributed by atoms with Crippen LogP contribution in [0.4, 0.5) is 51.2 Å². The summed E-state index contributed by atoms with van der Waals surface area (Å²) in [4.78, 5) is 7.13. The highest BCUT2D eigenvalue weighted by molar-refractivity contribution is 7.00. The number of nitrogens with zero attached hydrogens (tertiary/aromatic N) is 3. The fraction of sp³-hybridized carbons (Fsp3) is 0.419. The van der Waals surface area contributed by atoms with Gasteiger partial charge in [0.2, 0.25) is 0 Å². The van der Waals surface area contributed by atoms with Crippen LogP contribution >= 0.6 is 0 Å². The Kier molecular flexibility index (Phi) is 11.7. The Bertz CT molecular complexity index is 4770. The average Bonchev–Trinajstić information content (AvgIpc) is 1.22. The Morgan fingerprint density at radius 3 is 1.49 bits per heavy atom. The van der Waals surface area contributed by atoms with E-state index >= 15 is 0 Å². The molecule has 466 valence electrons. The van der Waals surface area contributed by atoms with Gasteiger partial charge < -0.3 is 19.1 Å². The molecule has 3 heterocycles. The predicted octanol–water partition coefficient (Wildman–Crippen LogP) is 22.3. The number of furan rings is 1. The van der Waals surface area contributed by atoms with Gasteiger partial charge in [0.25, 0.3) is 6.71 Å². The van der Waals surface area contributed by atoms with Gasteiger partial charge in [-0.15, -0.1) is 0 Å². The summed E-state index contributed by atoms with van der Waals surface area (Å²) in [6.07, 6.45) is 8.34.